The summed E-state index contributed by atoms with van der Waals surface area (Å²) in [6, 6.07) is 3.92. The van der Waals surface area contributed by atoms with Crippen LogP contribution in [0.1, 0.15) is 11.7 Å². The molecule has 15 heteroatoms. The molecule has 1 aromatic carbocycles. The summed E-state index contributed by atoms with van der Waals surface area (Å²) in [5.41, 5.74) is -0.163. The quantitative estimate of drug-likeness (QED) is 0.315. The van der Waals surface area contributed by atoms with E-state index in [0.717, 1.165) is 22.9 Å². The van der Waals surface area contributed by atoms with Crippen LogP contribution in [0.4, 0.5) is 11.4 Å². The first-order valence-corrected chi connectivity index (χ1v) is 12.0. The van der Waals surface area contributed by atoms with Crippen molar-refractivity contribution < 1.29 is 25.9 Å². The van der Waals surface area contributed by atoms with Gasteiger partial charge in [-0.15, -0.1) is 16.7 Å². The molecule has 0 radical (unpaired) electrons. The summed E-state index contributed by atoms with van der Waals surface area (Å²) in [7, 11) is -8.94. The zero-order valence-electron chi connectivity index (χ0n) is 15.5. The number of benzene rings is 1. The predicted octanol–water partition coefficient (Wildman–Crippen LogP) is 3.20. The number of aromatic nitrogens is 2. The van der Waals surface area contributed by atoms with Crippen molar-refractivity contribution in [2.75, 3.05) is 0 Å². The minimum Gasteiger partial charge on any atom is -0.297 e. The molecule has 1 aliphatic rings. The molecule has 11 nitrogen and oxygen atoms in total. The Balaban J connectivity index is 1.92. The highest BCUT2D eigenvalue weighted by Crippen LogP contribution is 2.34. The Morgan fingerprint density at radius 2 is 1.65 bits per heavy atom. The molecule has 1 aromatic heterocycles. The molecule has 2 unspecified atom stereocenters. The lowest BCUT2D eigenvalue weighted by atomic mass is 10.1. The SMILES string of the molecule is Cc1[nH]n(C2C=C(Cl)C(S(=O)(=O)O)=CC2Cl)c(=O)c1N=Nc1ccc(S(=O)(=O)O)cc1. The number of azo groups is 1. The summed E-state index contributed by atoms with van der Waals surface area (Å²) in [5, 5.41) is 9.18. The Morgan fingerprint density at radius 1 is 1.03 bits per heavy atom. The van der Waals surface area contributed by atoms with E-state index in [9.17, 15) is 26.2 Å². The highest BCUT2D eigenvalue weighted by Gasteiger charge is 2.31. The molecule has 1 aliphatic carbocycles. The van der Waals surface area contributed by atoms with E-state index < -0.39 is 42.1 Å². The molecular formula is C16H14Cl2N4O7S2. The average molecular weight is 509 g/mol. The number of nitrogens with one attached hydrogen (secondary N) is 1. The number of H-pyrrole nitrogens is 1. The van der Waals surface area contributed by atoms with Gasteiger partial charge in [-0.25, -0.2) is 4.68 Å². The Morgan fingerprint density at radius 3 is 2.19 bits per heavy atom. The zero-order valence-corrected chi connectivity index (χ0v) is 18.6. The first kappa shape index (κ1) is 23.4. The molecule has 31 heavy (non-hydrogen) atoms. The number of allylic oxidation sites excluding steroid dienone is 3. The number of nitrogens with zero attached hydrogens (tertiary/aromatic N) is 3. The highest BCUT2D eigenvalue weighted by atomic mass is 35.5. The van der Waals surface area contributed by atoms with Crippen molar-refractivity contribution >= 4 is 54.8 Å². The van der Waals surface area contributed by atoms with Crippen molar-refractivity contribution in [3.63, 3.8) is 0 Å². The van der Waals surface area contributed by atoms with Gasteiger partial charge in [-0.2, -0.15) is 21.9 Å². The highest BCUT2D eigenvalue weighted by molar-refractivity contribution is 7.90. The standard InChI is InChI=1S/C16H14Cl2N4O7S2/c1-8-15(20-19-9-2-4-10(5-3-9)30(24,25)26)16(23)22(21-8)13-6-12(18)14(7-11(13)17)31(27,28)29/h2-7,11,13,21H,1H3,(H,24,25,26)(H,27,28,29). The molecular weight excluding hydrogens is 495 g/mol. The third-order valence-corrected chi connectivity index (χ3v) is 6.84. The number of hydrogen-bond acceptors (Lipinski definition) is 7. The summed E-state index contributed by atoms with van der Waals surface area (Å²) >= 11 is 12.1. The molecule has 0 spiro atoms. The average Bonchev–Trinajstić information content (AvgIpc) is 2.94. The maximum absolute atomic E-state index is 12.8. The Labute approximate surface area is 186 Å². The number of alkyl halides is 1. The van der Waals surface area contributed by atoms with Crippen LogP contribution < -0.4 is 5.56 Å². The van der Waals surface area contributed by atoms with Crippen LogP contribution in [0.3, 0.4) is 0 Å². The van der Waals surface area contributed by atoms with Crippen molar-refractivity contribution in [2.24, 2.45) is 10.2 Å². The van der Waals surface area contributed by atoms with Gasteiger partial charge in [0.25, 0.3) is 25.8 Å². The second-order valence-corrected chi connectivity index (χ2v) is 10.1. The van der Waals surface area contributed by atoms with Crippen LogP contribution in [0.25, 0.3) is 0 Å². The summed E-state index contributed by atoms with van der Waals surface area (Å²) in [6.07, 6.45) is 2.22. The van der Waals surface area contributed by atoms with Crippen LogP contribution >= 0.6 is 23.2 Å². The molecule has 3 rings (SSSR count). The predicted molar refractivity (Wildman–Crippen MR) is 112 cm³/mol. The fourth-order valence-electron chi connectivity index (χ4n) is 2.75. The molecule has 2 atom stereocenters. The van der Waals surface area contributed by atoms with E-state index in [2.05, 4.69) is 15.3 Å². The van der Waals surface area contributed by atoms with Gasteiger partial charge in [0.05, 0.1) is 32.7 Å². The summed E-state index contributed by atoms with van der Waals surface area (Å²) in [4.78, 5) is 11.9. The fraction of sp³-hybridized carbons (Fsp3) is 0.188. The molecule has 0 aliphatic heterocycles. The molecule has 0 saturated carbocycles. The van der Waals surface area contributed by atoms with E-state index in [4.69, 9.17) is 27.8 Å². The van der Waals surface area contributed by atoms with Crippen LogP contribution in [0, 0.1) is 6.92 Å². The van der Waals surface area contributed by atoms with Crippen LogP contribution in [-0.2, 0) is 20.2 Å². The van der Waals surface area contributed by atoms with Crippen molar-refractivity contribution in [3.8, 4) is 0 Å². The van der Waals surface area contributed by atoms with E-state index in [1.807, 2.05) is 0 Å². The molecule has 0 amide bonds. The van der Waals surface area contributed by atoms with Crippen molar-refractivity contribution in [1.82, 2.24) is 9.78 Å². The summed E-state index contributed by atoms with van der Waals surface area (Å²) in [5.74, 6) is 0. The van der Waals surface area contributed by atoms with Crippen LogP contribution in [0.15, 0.2) is 66.3 Å². The summed E-state index contributed by atoms with van der Waals surface area (Å²) < 4.78 is 64.1. The van der Waals surface area contributed by atoms with Gasteiger partial charge < -0.3 is 0 Å². The van der Waals surface area contributed by atoms with Gasteiger partial charge in [-0.05, 0) is 43.3 Å². The fourth-order valence-corrected chi connectivity index (χ4v) is 4.74. The van der Waals surface area contributed by atoms with Crippen molar-refractivity contribution in [2.45, 2.75) is 23.2 Å². The number of halogens is 2. The molecule has 2 aromatic rings. The lowest BCUT2D eigenvalue weighted by Gasteiger charge is -2.22. The smallest absolute Gasteiger partial charge is 0.295 e. The molecule has 0 fully saturated rings. The zero-order chi connectivity index (χ0) is 23.1. The minimum absolute atomic E-state index is 0.0724. The van der Waals surface area contributed by atoms with Gasteiger partial charge in [0, 0.05) is 0 Å². The van der Waals surface area contributed by atoms with E-state index >= 15 is 0 Å². The molecule has 166 valence electrons. The van der Waals surface area contributed by atoms with Gasteiger partial charge in [0.15, 0.2) is 5.69 Å². The van der Waals surface area contributed by atoms with E-state index in [1.165, 1.54) is 18.2 Å². The number of aryl methyl sites for hydroxylation is 1. The monoisotopic (exact) mass is 508 g/mol. The van der Waals surface area contributed by atoms with Crippen molar-refractivity contribution in [1.29, 1.82) is 0 Å². The third-order valence-electron chi connectivity index (χ3n) is 4.23. The maximum atomic E-state index is 12.8. The van der Waals surface area contributed by atoms with Gasteiger partial charge in [-0.1, -0.05) is 11.6 Å². The van der Waals surface area contributed by atoms with Crippen LogP contribution in [0.2, 0.25) is 0 Å². The van der Waals surface area contributed by atoms with Gasteiger partial charge in [0.2, 0.25) is 0 Å². The van der Waals surface area contributed by atoms with Crippen LogP contribution in [0.5, 0.6) is 0 Å². The number of aromatic amines is 1. The Kier molecular flexibility index (Phi) is 6.28. The molecule has 3 N–H and O–H groups in total. The Hall–Kier alpha value is -2.29. The second kappa shape index (κ2) is 8.33. The van der Waals surface area contributed by atoms with Gasteiger partial charge in [0.1, 0.15) is 4.91 Å². The minimum atomic E-state index is -4.59. The first-order valence-electron chi connectivity index (χ1n) is 8.30. The van der Waals surface area contributed by atoms with Gasteiger partial charge >= 0.3 is 0 Å². The van der Waals surface area contributed by atoms with E-state index in [0.29, 0.717) is 5.69 Å². The molecule has 1 heterocycles. The second-order valence-electron chi connectivity index (χ2n) is 6.39. The van der Waals surface area contributed by atoms with Crippen molar-refractivity contribution in [3.05, 3.63) is 62.4 Å². The van der Waals surface area contributed by atoms with E-state index in [1.54, 1.807) is 6.92 Å². The first-order chi connectivity index (χ1) is 14.3. The third kappa shape index (κ3) is 4.97. The number of hydrogen-bond donors (Lipinski definition) is 3. The molecule has 0 bridgehead atoms. The largest absolute Gasteiger partial charge is 0.297 e. The maximum Gasteiger partial charge on any atom is 0.295 e. The van der Waals surface area contributed by atoms with E-state index in [-0.39, 0.29) is 21.3 Å². The summed E-state index contributed by atoms with van der Waals surface area (Å²) in [6.45, 7) is 1.55. The normalized spacial score (nSPS) is 20.0. The Bertz CT molecular complexity index is 1390. The lowest BCUT2D eigenvalue weighted by molar-refractivity contribution is 0.482. The topological polar surface area (TPSA) is 171 Å². The number of rotatable bonds is 5. The molecule has 0 saturated heterocycles. The van der Waals surface area contributed by atoms with Crippen LogP contribution in [-0.4, -0.2) is 41.1 Å². The lowest BCUT2D eigenvalue weighted by Crippen LogP contribution is -2.29. The van der Waals surface area contributed by atoms with Gasteiger partial charge in [-0.3, -0.25) is 19.0 Å².